The van der Waals surface area contributed by atoms with Gasteiger partial charge in [0, 0.05) is 31.6 Å². The average Bonchev–Trinajstić information content (AvgIpc) is 2.82. The Bertz CT molecular complexity index is 966. The van der Waals surface area contributed by atoms with Crippen LogP contribution in [0.25, 0.3) is 11.4 Å². The van der Waals surface area contributed by atoms with Gasteiger partial charge in [-0.15, -0.1) is 5.10 Å². The molecule has 2 aromatic heterocycles. The molecule has 2 aromatic rings. The molecule has 0 aliphatic rings. The monoisotopic (exact) mass is 396 g/mol. The summed E-state index contributed by atoms with van der Waals surface area (Å²) >= 11 is 0. The number of aryl methyl sites for hydroxylation is 2. The lowest BCUT2D eigenvalue weighted by Crippen LogP contribution is -2.27. The van der Waals surface area contributed by atoms with E-state index >= 15 is 0 Å². The molecule has 0 saturated carbocycles. The smallest absolute Gasteiger partial charge is 0.404 e. The van der Waals surface area contributed by atoms with E-state index in [1.54, 1.807) is 0 Å². The third-order valence-corrected chi connectivity index (χ3v) is 3.57. The van der Waals surface area contributed by atoms with Crippen LogP contribution in [0.5, 0.6) is 0 Å². The zero-order chi connectivity index (χ0) is 20.6. The molecule has 0 aromatic carbocycles. The molecule has 0 aliphatic carbocycles. The molecule has 13 heteroatoms. The van der Waals surface area contributed by atoms with E-state index in [0.29, 0.717) is 16.9 Å². The molecule has 0 amide bonds. The first-order valence-electron chi connectivity index (χ1n) is 7.39. The zero-order valence-corrected chi connectivity index (χ0v) is 14.1. The van der Waals surface area contributed by atoms with E-state index < -0.39 is 47.7 Å². The molecular formula is C14H14F6N6O. The van der Waals surface area contributed by atoms with E-state index in [9.17, 15) is 31.1 Å². The van der Waals surface area contributed by atoms with E-state index in [1.807, 2.05) is 0 Å². The fraction of sp³-hybridized carbons (Fsp3) is 0.429. The molecule has 0 saturated heterocycles. The normalized spacial score (nSPS) is 13.9. The lowest BCUT2D eigenvalue weighted by Gasteiger charge is -2.12. The number of hydrogen-bond acceptors (Lipinski definition) is 5. The molecule has 0 fully saturated rings. The molecular weight excluding hydrogens is 382 g/mol. The van der Waals surface area contributed by atoms with Crippen molar-refractivity contribution in [1.82, 2.24) is 19.2 Å². The van der Waals surface area contributed by atoms with Crippen LogP contribution in [0.1, 0.15) is 23.5 Å². The molecule has 0 spiro atoms. The number of alkyl halides is 6. The van der Waals surface area contributed by atoms with Crippen molar-refractivity contribution in [1.29, 1.82) is 0 Å². The minimum absolute atomic E-state index is 0.224. The predicted molar refractivity (Wildman–Crippen MR) is 84.2 cm³/mol. The highest BCUT2D eigenvalue weighted by Gasteiger charge is 2.39. The molecule has 148 valence electrons. The van der Waals surface area contributed by atoms with Gasteiger partial charge < -0.3 is 10.3 Å². The van der Waals surface area contributed by atoms with Crippen LogP contribution in [-0.4, -0.2) is 38.1 Å². The van der Waals surface area contributed by atoms with Gasteiger partial charge in [0.15, 0.2) is 5.69 Å². The Morgan fingerprint density at radius 1 is 1.26 bits per heavy atom. The van der Waals surface area contributed by atoms with Crippen molar-refractivity contribution in [3.63, 3.8) is 0 Å². The summed E-state index contributed by atoms with van der Waals surface area (Å²) in [6.07, 6.45) is -9.44. The van der Waals surface area contributed by atoms with E-state index in [-0.39, 0.29) is 11.6 Å². The molecule has 0 unspecified atom stereocenters. The Morgan fingerprint density at radius 2 is 1.89 bits per heavy atom. The SMILES string of the molecule is Cc1nn2c(=O)c(/C(C=NCCC(F)(F)F)=C/N)c(C(F)(F)F)nc2n1C. The van der Waals surface area contributed by atoms with Crippen LogP contribution in [0.15, 0.2) is 16.0 Å². The largest absolute Gasteiger partial charge is 0.434 e. The summed E-state index contributed by atoms with van der Waals surface area (Å²) < 4.78 is 78.6. The highest BCUT2D eigenvalue weighted by molar-refractivity contribution is 6.10. The van der Waals surface area contributed by atoms with Gasteiger partial charge in [0.2, 0.25) is 5.78 Å². The van der Waals surface area contributed by atoms with Crippen molar-refractivity contribution in [3.05, 3.63) is 33.6 Å². The van der Waals surface area contributed by atoms with Gasteiger partial charge in [-0.05, 0) is 6.92 Å². The highest BCUT2D eigenvalue weighted by atomic mass is 19.4. The Balaban J connectivity index is 2.63. The van der Waals surface area contributed by atoms with Crippen LogP contribution in [0.3, 0.4) is 0 Å². The van der Waals surface area contributed by atoms with Gasteiger partial charge in [-0.1, -0.05) is 0 Å². The number of nitrogens with zero attached hydrogens (tertiary/aromatic N) is 5. The minimum Gasteiger partial charge on any atom is -0.404 e. The first kappa shape index (κ1) is 20.5. The highest BCUT2D eigenvalue weighted by Crippen LogP contribution is 2.32. The predicted octanol–water partition coefficient (Wildman–Crippen LogP) is 2.08. The maximum absolute atomic E-state index is 13.4. The summed E-state index contributed by atoms with van der Waals surface area (Å²) in [7, 11) is 1.38. The molecule has 7 nitrogen and oxygen atoms in total. The summed E-state index contributed by atoms with van der Waals surface area (Å²) in [4.78, 5) is 19.4. The van der Waals surface area contributed by atoms with Crippen LogP contribution >= 0.6 is 0 Å². The van der Waals surface area contributed by atoms with E-state index in [2.05, 4.69) is 15.1 Å². The van der Waals surface area contributed by atoms with Gasteiger partial charge in [-0.25, -0.2) is 4.98 Å². The summed E-state index contributed by atoms with van der Waals surface area (Å²) in [5, 5.41) is 3.82. The number of nitrogens with two attached hydrogens (primary N) is 1. The number of aliphatic imine (C=N–C) groups is 1. The van der Waals surface area contributed by atoms with Crippen LogP contribution in [0.2, 0.25) is 0 Å². The third kappa shape index (κ3) is 4.28. The van der Waals surface area contributed by atoms with Crippen molar-refractivity contribution < 1.29 is 26.3 Å². The maximum atomic E-state index is 13.4. The van der Waals surface area contributed by atoms with Crippen LogP contribution in [0.4, 0.5) is 26.3 Å². The Kier molecular flexibility index (Phi) is 5.33. The summed E-state index contributed by atoms with van der Waals surface area (Å²) in [5.74, 6) is -0.124. The molecule has 0 aliphatic heterocycles. The Morgan fingerprint density at radius 3 is 2.41 bits per heavy atom. The second-order valence-corrected chi connectivity index (χ2v) is 5.48. The first-order chi connectivity index (χ1) is 12.4. The van der Waals surface area contributed by atoms with Crippen molar-refractivity contribution >= 4 is 17.6 Å². The van der Waals surface area contributed by atoms with Gasteiger partial charge in [-0.2, -0.15) is 30.9 Å². The molecule has 27 heavy (non-hydrogen) atoms. The summed E-state index contributed by atoms with van der Waals surface area (Å²) in [6, 6.07) is 0. The van der Waals surface area contributed by atoms with E-state index in [0.717, 1.165) is 0 Å². The first-order valence-corrected chi connectivity index (χ1v) is 7.39. The summed E-state index contributed by atoms with van der Waals surface area (Å²) in [5.41, 5.74) is 1.12. The Hall–Kier alpha value is -2.86. The third-order valence-electron chi connectivity index (χ3n) is 3.57. The number of aromatic nitrogens is 4. The number of hydrogen-bond donors (Lipinski definition) is 1. The van der Waals surface area contributed by atoms with Gasteiger partial charge in [0.05, 0.1) is 12.0 Å². The van der Waals surface area contributed by atoms with Crippen molar-refractivity contribution in [2.45, 2.75) is 25.7 Å². The molecule has 2 rings (SSSR count). The standard InChI is InChI=1S/C14H14F6N6O/c1-7-24-26-11(27)9(8(5-21)6-22-4-3-13(15,16)17)10(14(18,19)20)23-12(26)25(7)2/h5-6H,3-4,21H2,1-2H3/b8-5+,22-6?. The van der Waals surface area contributed by atoms with E-state index in [1.165, 1.54) is 18.5 Å². The second-order valence-electron chi connectivity index (χ2n) is 5.48. The number of allylic oxidation sites excluding steroid dienone is 1. The van der Waals surface area contributed by atoms with Gasteiger partial charge >= 0.3 is 12.4 Å². The summed E-state index contributed by atoms with van der Waals surface area (Å²) in [6.45, 7) is 0.723. The van der Waals surface area contributed by atoms with Crippen molar-refractivity contribution in [2.24, 2.45) is 17.8 Å². The maximum Gasteiger partial charge on any atom is 0.434 e. The van der Waals surface area contributed by atoms with Crippen molar-refractivity contribution in [2.75, 3.05) is 6.54 Å². The van der Waals surface area contributed by atoms with Gasteiger partial charge in [0.25, 0.3) is 5.56 Å². The number of rotatable bonds is 4. The van der Waals surface area contributed by atoms with E-state index in [4.69, 9.17) is 5.73 Å². The fourth-order valence-electron chi connectivity index (χ4n) is 2.18. The molecule has 2 N–H and O–H groups in total. The molecule has 0 bridgehead atoms. The van der Waals surface area contributed by atoms with Gasteiger partial charge in [0.1, 0.15) is 5.82 Å². The zero-order valence-electron chi connectivity index (χ0n) is 14.1. The molecule has 0 atom stereocenters. The fourth-order valence-corrected chi connectivity index (χ4v) is 2.18. The number of halogens is 6. The lowest BCUT2D eigenvalue weighted by atomic mass is 10.1. The second kappa shape index (κ2) is 7.04. The van der Waals surface area contributed by atoms with Crippen LogP contribution in [0, 0.1) is 6.92 Å². The number of fused-ring (bicyclic) bond motifs is 1. The molecule has 0 radical (unpaired) electrons. The topological polar surface area (TPSA) is 90.6 Å². The Labute approximate surface area is 147 Å². The lowest BCUT2D eigenvalue weighted by molar-refractivity contribution is -0.141. The van der Waals surface area contributed by atoms with Crippen LogP contribution < -0.4 is 11.3 Å². The van der Waals surface area contributed by atoms with Crippen molar-refractivity contribution in [3.8, 4) is 0 Å². The molecule has 2 heterocycles. The van der Waals surface area contributed by atoms with Crippen LogP contribution in [-0.2, 0) is 13.2 Å². The quantitative estimate of drug-likeness (QED) is 0.633. The minimum atomic E-state index is -5.02. The van der Waals surface area contributed by atoms with Gasteiger partial charge in [-0.3, -0.25) is 9.79 Å². The average molecular weight is 396 g/mol.